The van der Waals surface area contributed by atoms with E-state index in [4.69, 9.17) is 4.74 Å². The first-order chi connectivity index (χ1) is 17.0. The minimum atomic E-state index is -0.952. The van der Waals surface area contributed by atoms with Gasteiger partial charge in [-0.1, -0.05) is 72.8 Å². The quantitative estimate of drug-likeness (QED) is 0.565. The molecule has 35 heavy (non-hydrogen) atoms. The lowest BCUT2D eigenvalue weighted by Gasteiger charge is -2.33. The number of carbonyl (C=O) groups is 3. The number of carbonyl (C=O) groups excluding carboxylic acids is 2. The van der Waals surface area contributed by atoms with Crippen molar-refractivity contribution in [3.63, 3.8) is 0 Å². The molecular formula is C28H26N2O5. The molecule has 1 unspecified atom stereocenters. The van der Waals surface area contributed by atoms with Crippen LogP contribution in [0, 0.1) is 0 Å². The maximum Gasteiger partial charge on any atom is 0.407 e. The standard InChI is InChI=1S/C28H26N2O5/c31-26(30-15-18-7-1-2-8-19(18)24(16-30)27(32)33)13-14-29-28(34)35-17-25-22-11-5-3-9-20(22)21-10-4-6-12-23(21)25/h1-12,24-25H,13-17H2,(H,29,34)(H,32,33). The van der Waals surface area contributed by atoms with E-state index in [2.05, 4.69) is 29.6 Å². The molecule has 0 saturated heterocycles. The lowest BCUT2D eigenvalue weighted by molar-refractivity contribution is -0.141. The van der Waals surface area contributed by atoms with Gasteiger partial charge in [-0.25, -0.2) is 4.79 Å². The van der Waals surface area contributed by atoms with E-state index in [-0.39, 0.29) is 37.9 Å². The SMILES string of the molecule is O=C(NCCC(=O)N1Cc2ccccc2C(C(=O)O)C1)OCC1c2ccccc2-c2ccccc21. The highest BCUT2D eigenvalue weighted by Crippen LogP contribution is 2.44. The number of ether oxygens (including phenoxy) is 1. The number of hydrogen-bond acceptors (Lipinski definition) is 4. The van der Waals surface area contributed by atoms with Crippen LogP contribution in [0.25, 0.3) is 11.1 Å². The second-order valence-electron chi connectivity index (χ2n) is 8.87. The Kier molecular flexibility index (Phi) is 6.23. The van der Waals surface area contributed by atoms with E-state index >= 15 is 0 Å². The molecular weight excluding hydrogens is 444 g/mol. The summed E-state index contributed by atoms with van der Waals surface area (Å²) >= 11 is 0. The van der Waals surface area contributed by atoms with Crippen LogP contribution in [0.4, 0.5) is 4.79 Å². The Morgan fingerprint density at radius 2 is 1.49 bits per heavy atom. The van der Waals surface area contributed by atoms with Crippen LogP contribution in [0.3, 0.4) is 0 Å². The molecule has 7 nitrogen and oxygen atoms in total. The summed E-state index contributed by atoms with van der Waals surface area (Å²) < 4.78 is 5.51. The van der Waals surface area contributed by atoms with Gasteiger partial charge in [-0.15, -0.1) is 0 Å². The number of aliphatic carboxylic acids is 1. The molecule has 0 radical (unpaired) electrons. The third-order valence-electron chi connectivity index (χ3n) is 6.80. The van der Waals surface area contributed by atoms with Gasteiger partial charge in [0.15, 0.2) is 0 Å². The topological polar surface area (TPSA) is 95.9 Å². The number of amides is 2. The van der Waals surface area contributed by atoms with Gasteiger partial charge in [0.1, 0.15) is 6.61 Å². The Balaban J connectivity index is 1.14. The Bertz CT molecular complexity index is 1240. The molecule has 0 fully saturated rings. The van der Waals surface area contributed by atoms with Crippen LogP contribution in [0.2, 0.25) is 0 Å². The molecule has 3 aromatic carbocycles. The van der Waals surface area contributed by atoms with Gasteiger partial charge in [0, 0.05) is 32.0 Å². The van der Waals surface area contributed by atoms with Crippen molar-refractivity contribution in [3.8, 4) is 11.1 Å². The molecule has 0 spiro atoms. The highest BCUT2D eigenvalue weighted by atomic mass is 16.5. The van der Waals surface area contributed by atoms with E-state index in [0.717, 1.165) is 33.4 Å². The summed E-state index contributed by atoms with van der Waals surface area (Å²) in [4.78, 5) is 38.3. The van der Waals surface area contributed by atoms with Gasteiger partial charge in [0.2, 0.25) is 5.91 Å². The second-order valence-corrected chi connectivity index (χ2v) is 8.87. The summed E-state index contributed by atoms with van der Waals surface area (Å²) in [5.74, 6) is -1.94. The van der Waals surface area contributed by atoms with Crippen molar-refractivity contribution in [2.75, 3.05) is 19.7 Å². The molecule has 5 rings (SSSR count). The van der Waals surface area contributed by atoms with E-state index in [1.54, 1.807) is 11.0 Å². The molecule has 3 aromatic rings. The fraction of sp³-hybridized carbons (Fsp3) is 0.250. The van der Waals surface area contributed by atoms with Crippen molar-refractivity contribution in [1.82, 2.24) is 10.2 Å². The highest BCUT2D eigenvalue weighted by Gasteiger charge is 2.32. The summed E-state index contributed by atoms with van der Waals surface area (Å²) in [6, 6.07) is 23.5. The number of nitrogens with zero attached hydrogens (tertiary/aromatic N) is 1. The van der Waals surface area contributed by atoms with E-state index in [0.29, 0.717) is 6.54 Å². The number of rotatable bonds is 6. The van der Waals surface area contributed by atoms with Crippen molar-refractivity contribution in [1.29, 1.82) is 0 Å². The number of alkyl carbamates (subject to hydrolysis) is 1. The molecule has 178 valence electrons. The van der Waals surface area contributed by atoms with Crippen molar-refractivity contribution >= 4 is 18.0 Å². The monoisotopic (exact) mass is 470 g/mol. The lowest BCUT2D eigenvalue weighted by atomic mass is 9.89. The summed E-state index contributed by atoms with van der Waals surface area (Å²) in [7, 11) is 0. The van der Waals surface area contributed by atoms with Crippen LogP contribution >= 0.6 is 0 Å². The Hall–Kier alpha value is -4.13. The van der Waals surface area contributed by atoms with E-state index in [1.165, 1.54) is 0 Å². The summed E-state index contributed by atoms with van der Waals surface area (Å²) in [6.07, 6.45) is -0.509. The van der Waals surface area contributed by atoms with Crippen LogP contribution < -0.4 is 5.32 Å². The predicted molar refractivity (Wildman–Crippen MR) is 130 cm³/mol. The fourth-order valence-corrected chi connectivity index (χ4v) is 5.09. The van der Waals surface area contributed by atoms with E-state index in [9.17, 15) is 19.5 Å². The summed E-state index contributed by atoms with van der Waals surface area (Å²) in [5.41, 5.74) is 6.17. The van der Waals surface area contributed by atoms with Gasteiger partial charge in [-0.05, 0) is 33.4 Å². The zero-order chi connectivity index (χ0) is 24.4. The molecule has 2 amide bonds. The summed E-state index contributed by atoms with van der Waals surface area (Å²) in [5, 5.41) is 12.2. The van der Waals surface area contributed by atoms with Gasteiger partial charge in [-0.2, -0.15) is 0 Å². The average molecular weight is 471 g/mol. The van der Waals surface area contributed by atoms with Gasteiger partial charge in [-0.3, -0.25) is 9.59 Å². The van der Waals surface area contributed by atoms with Crippen molar-refractivity contribution in [3.05, 3.63) is 95.1 Å². The van der Waals surface area contributed by atoms with Crippen molar-refractivity contribution < 1.29 is 24.2 Å². The van der Waals surface area contributed by atoms with Gasteiger partial charge in [0.25, 0.3) is 0 Å². The molecule has 7 heteroatoms. The number of carboxylic acids is 1. The van der Waals surface area contributed by atoms with Crippen molar-refractivity contribution in [2.24, 2.45) is 0 Å². The first kappa shape index (κ1) is 22.7. The molecule has 1 atom stereocenters. The Labute approximate surface area is 203 Å². The first-order valence-electron chi connectivity index (χ1n) is 11.7. The predicted octanol–water partition coefficient (Wildman–Crippen LogP) is 4.13. The largest absolute Gasteiger partial charge is 0.481 e. The zero-order valence-corrected chi connectivity index (χ0v) is 19.1. The molecule has 2 aliphatic rings. The van der Waals surface area contributed by atoms with Gasteiger partial charge >= 0.3 is 12.1 Å². The third kappa shape index (κ3) is 4.49. The minimum absolute atomic E-state index is 0.0313. The molecule has 1 heterocycles. The lowest BCUT2D eigenvalue weighted by Crippen LogP contribution is -2.41. The Morgan fingerprint density at radius 3 is 2.14 bits per heavy atom. The van der Waals surface area contributed by atoms with Crippen LogP contribution in [0.1, 0.15) is 40.5 Å². The minimum Gasteiger partial charge on any atom is -0.481 e. The fourth-order valence-electron chi connectivity index (χ4n) is 5.09. The number of benzene rings is 3. The molecule has 2 N–H and O–H groups in total. The van der Waals surface area contributed by atoms with Crippen LogP contribution in [-0.2, 0) is 20.9 Å². The number of carboxylic acid groups (broad SMARTS) is 1. The highest BCUT2D eigenvalue weighted by molar-refractivity contribution is 5.82. The van der Waals surface area contributed by atoms with E-state index in [1.807, 2.05) is 42.5 Å². The third-order valence-corrected chi connectivity index (χ3v) is 6.80. The smallest absolute Gasteiger partial charge is 0.407 e. The van der Waals surface area contributed by atoms with Crippen LogP contribution in [0.15, 0.2) is 72.8 Å². The molecule has 0 bridgehead atoms. The van der Waals surface area contributed by atoms with Crippen LogP contribution in [0.5, 0.6) is 0 Å². The van der Waals surface area contributed by atoms with Crippen LogP contribution in [-0.4, -0.2) is 47.7 Å². The number of hydrogen-bond donors (Lipinski definition) is 2. The maximum atomic E-state index is 12.7. The molecule has 0 saturated carbocycles. The second kappa shape index (κ2) is 9.62. The van der Waals surface area contributed by atoms with Crippen molar-refractivity contribution in [2.45, 2.75) is 24.8 Å². The first-order valence-corrected chi connectivity index (χ1v) is 11.7. The van der Waals surface area contributed by atoms with Gasteiger partial charge < -0.3 is 20.1 Å². The maximum absolute atomic E-state index is 12.7. The zero-order valence-electron chi connectivity index (χ0n) is 19.1. The molecule has 0 aromatic heterocycles. The summed E-state index contributed by atoms with van der Waals surface area (Å²) in [6.45, 7) is 0.808. The molecule has 1 aliphatic carbocycles. The van der Waals surface area contributed by atoms with E-state index < -0.39 is 18.0 Å². The van der Waals surface area contributed by atoms with Gasteiger partial charge in [0.05, 0.1) is 5.92 Å². The molecule has 1 aliphatic heterocycles. The Morgan fingerprint density at radius 1 is 0.886 bits per heavy atom. The average Bonchev–Trinajstić information content (AvgIpc) is 3.20. The number of fused-ring (bicyclic) bond motifs is 4. The number of nitrogens with one attached hydrogen (secondary N) is 1. The normalized spacial score (nSPS) is 16.1.